The lowest BCUT2D eigenvalue weighted by Gasteiger charge is -2.61. The van der Waals surface area contributed by atoms with Crippen LogP contribution in [-0.4, -0.2) is 63.4 Å². The van der Waals surface area contributed by atoms with Crippen molar-refractivity contribution in [3.05, 3.63) is 23.0 Å². The second-order valence-corrected chi connectivity index (χ2v) is 13.0. The number of hydrogen-bond acceptors (Lipinski definition) is 8. The number of hydrogen-bond donors (Lipinski definition) is 2. The minimum absolute atomic E-state index is 0.00693. The highest BCUT2D eigenvalue weighted by molar-refractivity contribution is 6.22. The molecule has 2 fully saturated rings. The minimum Gasteiger partial charge on any atom is -0.482 e. The van der Waals surface area contributed by atoms with Crippen molar-refractivity contribution in [2.75, 3.05) is 0 Å². The molecule has 38 heavy (non-hydrogen) atoms. The fraction of sp³-hybridized carbons (Fsp3) is 0.767. The second-order valence-electron chi connectivity index (χ2n) is 13.0. The molecule has 8 nitrogen and oxygen atoms in total. The maximum Gasteiger partial charge on any atom is 0.302 e. The van der Waals surface area contributed by atoms with Crippen molar-refractivity contribution in [1.82, 2.24) is 0 Å². The average molecular weight is 533 g/mol. The van der Waals surface area contributed by atoms with Gasteiger partial charge in [0, 0.05) is 29.7 Å². The second kappa shape index (κ2) is 9.86. The van der Waals surface area contributed by atoms with Crippen molar-refractivity contribution in [2.24, 2.45) is 23.2 Å². The van der Waals surface area contributed by atoms with Gasteiger partial charge in [0.15, 0.2) is 11.5 Å². The maximum atomic E-state index is 13.8. The van der Waals surface area contributed by atoms with Crippen molar-refractivity contribution in [3.8, 4) is 0 Å². The van der Waals surface area contributed by atoms with Crippen molar-refractivity contribution in [3.63, 3.8) is 0 Å². The smallest absolute Gasteiger partial charge is 0.302 e. The lowest BCUT2D eigenvalue weighted by molar-refractivity contribution is -0.260. The van der Waals surface area contributed by atoms with Crippen molar-refractivity contribution in [2.45, 2.75) is 123 Å². The van der Waals surface area contributed by atoms with Crippen molar-refractivity contribution >= 4 is 17.5 Å². The van der Waals surface area contributed by atoms with Gasteiger partial charge in [-0.15, -0.1) is 0 Å². The lowest BCUT2D eigenvalue weighted by atomic mass is 9.52. The fourth-order valence-electron chi connectivity index (χ4n) is 7.46. The predicted molar refractivity (Wildman–Crippen MR) is 140 cm³/mol. The molecule has 2 aliphatic heterocycles. The Kier molecular flexibility index (Phi) is 7.52. The van der Waals surface area contributed by atoms with Crippen LogP contribution >= 0.6 is 0 Å². The van der Waals surface area contributed by atoms with E-state index in [2.05, 4.69) is 6.92 Å². The van der Waals surface area contributed by atoms with E-state index in [1.165, 1.54) is 13.0 Å². The summed E-state index contributed by atoms with van der Waals surface area (Å²) >= 11 is 0. The summed E-state index contributed by atoms with van der Waals surface area (Å²) in [6.07, 6.45) is 2.21. The Morgan fingerprint density at radius 2 is 1.87 bits per heavy atom. The first-order chi connectivity index (χ1) is 17.5. The van der Waals surface area contributed by atoms with Crippen LogP contribution in [0.2, 0.25) is 0 Å². The highest BCUT2D eigenvalue weighted by atomic mass is 16.5. The average Bonchev–Trinajstić information content (AvgIpc) is 2.81. The van der Waals surface area contributed by atoms with Crippen molar-refractivity contribution < 1.29 is 38.8 Å². The van der Waals surface area contributed by atoms with Gasteiger partial charge in [-0.1, -0.05) is 34.1 Å². The lowest BCUT2D eigenvalue weighted by Crippen LogP contribution is -2.66. The summed E-state index contributed by atoms with van der Waals surface area (Å²) in [5.41, 5.74) is -2.12. The zero-order chi connectivity index (χ0) is 28.4. The molecule has 1 saturated carbocycles. The topological polar surface area (TPSA) is 119 Å². The van der Waals surface area contributed by atoms with Crippen LogP contribution in [-0.2, 0) is 28.6 Å². The quantitative estimate of drug-likeness (QED) is 0.391. The van der Waals surface area contributed by atoms with Gasteiger partial charge < -0.3 is 24.4 Å². The van der Waals surface area contributed by atoms with E-state index in [1.807, 2.05) is 20.8 Å². The third-order valence-electron chi connectivity index (χ3n) is 9.77. The molecule has 0 aromatic heterocycles. The zero-order valence-electron chi connectivity index (χ0n) is 24.0. The van der Waals surface area contributed by atoms with Gasteiger partial charge in [-0.3, -0.25) is 14.4 Å². The molecule has 4 rings (SSSR count). The van der Waals surface area contributed by atoms with E-state index in [4.69, 9.17) is 14.2 Å². The van der Waals surface area contributed by atoms with Gasteiger partial charge in [0.25, 0.3) is 0 Å². The first-order valence-electron chi connectivity index (χ1n) is 14.0. The molecule has 2 aliphatic carbocycles. The Morgan fingerprint density at radius 1 is 1.21 bits per heavy atom. The molecule has 9 atom stereocenters. The molecule has 8 heteroatoms. The van der Waals surface area contributed by atoms with Crippen LogP contribution in [0.25, 0.3) is 0 Å². The summed E-state index contributed by atoms with van der Waals surface area (Å²) < 4.78 is 18.4. The molecule has 1 unspecified atom stereocenters. The number of allylic oxidation sites excluding steroid dienone is 2. The first kappa shape index (κ1) is 29.0. The van der Waals surface area contributed by atoms with E-state index in [-0.39, 0.29) is 35.0 Å². The Hall–Kier alpha value is -2.03. The van der Waals surface area contributed by atoms with Crippen molar-refractivity contribution in [1.29, 1.82) is 0 Å². The Labute approximate surface area is 225 Å². The largest absolute Gasteiger partial charge is 0.482 e. The molecule has 4 aliphatic rings. The fourth-order valence-corrected chi connectivity index (χ4v) is 7.46. The first-order valence-corrected chi connectivity index (χ1v) is 14.0. The van der Waals surface area contributed by atoms with E-state index in [0.29, 0.717) is 25.7 Å². The number of carbonyl (C=O) groups is 3. The van der Waals surface area contributed by atoms with E-state index >= 15 is 0 Å². The molecule has 0 aromatic rings. The number of ether oxygens (including phenoxy) is 3. The highest BCUT2D eigenvalue weighted by Crippen LogP contribution is 2.59. The molecule has 0 spiro atoms. The van der Waals surface area contributed by atoms with Crippen LogP contribution in [0.3, 0.4) is 0 Å². The predicted octanol–water partition coefficient (Wildman–Crippen LogP) is 3.82. The Balaban J connectivity index is 1.67. The maximum absolute atomic E-state index is 13.8. The summed E-state index contributed by atoms with van der Waals surface area (Å²) in [5, 5.41) is 22.3. The highest BCUT2D eigenvalue weighted by Gasteiger charge is 2.64. The van der Waals surface area contributed by atoms with E-state index < -0.39 is 58.2 Å². The number of aliphatic hydroxyl groups is 2. The summed E-state index contributed by atoms with van der Waals surface area (Å²) in [7, 11) is 0. The normalized spacial score (nSPS) is 37.7. The Bertz CT molecular complexity index is 1070. The molecular formula is C30H44O8. The molecule has 0 amide bonds. The molecule has 1 saturated heterocycles. The van der Waals surface area contributed by atoms with Gasteiger partial charge in [0.2, 0.25) is 5.78 Å². The number of rotatable bonds is 6. The minimum atomic E-state index is -1.19. The van der Waals surface area contributed by atoms with Gasteiger partial charge >= 0.3 is 5.97 Å². The summed E-state index contributed by atoms with van der Waals surface area (Å²) in [4.78, 5) is 39.1. The van der Waals surface area contributed by atoms with Gasteiger partial charge in [-0.2, -0.15) is 0 Å². The van der Waals surface area contributed by atoms with Gasteiger partial charge in [0.05, 0.1) is 29.5 Å². The standard InChI is InChI=1S/C30H44O8/c1-9-15(2)25(36-17(4)31)16(3)18-14-19(32)22-24(34)27-29(7)12-10-20(28(5,6)35)37-21(29)11-13-30(27,8)38-26(22)23(18)33/h14-16,20-21,24-25,27,34-35H,9-13H2,1-8H3/t15-,16-,20+,21+,24+,25+,27?,29-,30+/m0/s1. The van der Waals surface area contributed by atoms with Crippen LogP contribution in [0, 0.1) is 23.2 Å². The summed E-state index contributed by atoms with van der Waals surface area (Å²) in [6, 6.07) is 0. The SMILES string of the molecule is CC[C@H](C)[C@@H](OC(C)=O)[C@@H](C)C1=CC(=O)C2=C(O[C@]3(C)CC[C@H]4O[C@@H](C(C)(C)O)CC[C@]4(C)C3[C@@H]2O)C1=O. The molecule has 0 aromatic carbocycles. The van der Waals surface area contributed by atoms with Gasteiger partial charge in [-0.05, 0) is 58.4 Å². The number of aliphatic hydroxyl groups excluding tert-OH is 1. The van der Waals surface area contributed by atoms with Crippen LogP contribution in [0.15, 0.2) is 23.0 Å². The van der Waals surface area contributed by atoms with Gasteiger partial charge in [0.1, 0.15) is 11.7 Å². The van der Waals surface area contributed by atoms with Crippen LogP contribution in [0.1, 0.15) is 87.5 Å². The number of Topliss-reactive ketones (excluding diaryl/α,β-unsaturated/α-hetero) is 1. The summed E-state index contributed by atoms with van der Waals surface area (Å²) in [6.45, 7) is 14.5. The van der Waals surface area contributed by atoms with E-state index in [0.717, 1.165) is 6.42 Å². The molecule has 2 N–H and O–H groups in total. The van der Waals surface area contributed by atoms with E-state index in [1.54, 1.807) is 20.8 Å². The van der Waals surface area contributed by atoms with Crippen LogP contribution in [0.4, 0.5) is 0 Å². The molecule has 0 bridgehead atoms. The molecule has 0 radical (unpaired) electrons. The third kappa shape index (κ3) is 4.66. The number of carbonyl (C=O) groups excluding carboxylic acids is 3. The van der Waals surface area contributed by atoms with Gasteiger partial charge in [-0.25, -0.2) is 0 Å². The summed E-state index contributed by atoms with van der Waals surface area (Å²) in [5.74, 6) is -2.41. The number of esters is 1. The Morgan fingerprint density at radius 3 is 2.45 bits per heavy atom. The zero-order valence-corrected chi connectivity index (χ0v) is 24.0. The molecular weight excluding hydrogens is 488 g/mol. The van der Waals surface area contributed by atoms with Crippen LogP contribution < -0.4 is 0 Å². The number of ketones is 2. The third-order valence-corrected chi connectivity index (χ3v) is 9.77. The molecule has 212 valence electrons. The van der Waals surface area contributed by atoms with Crippen LogP contribution in [0.5, 0.6) is 0 Å². The molecule has 2 heterocycles. The number of fused-ring (bicyclic) bond motifs is 3. The van der Waals surface area contributed by atoms with E-state index in [9.17, 15) is 24.6 Å². The monoisotopic (exact) mass is 532 g/mol.